The molecule has 10 rings (SSSR count). The molecule has 2 aromatic heterocycles. The van der Waals surface area contributed by atoms with Crippen LogP contribution >= 0.6 is 0 Å². The van der Waals surface area contributed by atoms with Gasteiger partial charge in [0.25, 0.3) is 0 Å². The minimum atomic E-state index is 0.0198. The molecule has 5 heteroatoms. The highest BCUT2D eigenvalue weighted by Crippen LogP contribution is 2.35. The van der Waals surface area contributed by atoms with Crippen LogP contribution in [0.1, 0.15) is 22.7 Å². The van der Waals surface area contributed by atoms with Gasteiger partial charge in [-0.1, -0.05) is 127 Å². The number of aliphatic imine (C=N–C) groups is 1. The van der Waals surface area contributed by atoms with Crippen molar-refractivity contribution < 1.29 is 0 Å². The van der Waals surface area contributed by atoms with Crippen molar-refractivity contribution in [2.45, 2.75) is 6.04 Å². The van der Waals surface area contributed by atoms with Crippen LogP contribution in [0.2, 0.25) is 0 Å². The van der Waals surface area contributed by atoms with E-state index < -0.39 is 0 Å². The van der Waals surface area contributed by atoms with Gasteiger partial charge in [-0.15, -0.1) is 0 Å². The Kier molecular flexibility index (Phi) is 6.81. The van der Waals surface area contributed by atoms with Crippen LogP contribution in [0.4, 0.5) is 0 Å². The zero-order valence-electron chi connectivity index (χ0n) is 27.6. The lowest BCUT2D eigenvalue weighted by Crippen LogP contribution is -2.31. The van der Waals surface area contributed by atoms with Crippen LogP contribution in [0.25, 0.3) is 66.4 Å². The van der Waals surface area contributed by atoms with Crippen molar-refractivity contribution in [3.63, 3.8) is 0 Å². The summed E-state index contributed by atoms with van der Waals surface area (Å²) in [5.74, 6) is 0.875. The molecule has 0 radical (unpaired) electrons. The van der Waals surface area contributed by atoms with Crippen LogP contribution in [0.5, 0.6) is 0 Å². The number of aromatic nitrogens is 3. The third-order valence-corrected chi connectivity index (χ3v) is 9.83. The van der Waals surface area contributed by atoms with E-state index in [9.17, 15) is 0 Å². The van der Waals surface area contributed by atoms with E-state index in [0.29, 0.717) is 0 Å². The van der Waals surface area contributed by atoms with Crippen molar-refractivity contribution in [2.75, 3.05) is 0 Å². The number of nitrogens with one attached hydrogen (secondary N) is 1. The van der Waals surface area contributed by atoms with E-state index in [-0.39, 0.29) is 6.04 Å². The van der Waals surface area contributed by atoms with Crippen molar-refractivity contribution in [1.29, 1.82) is 0 Å². The number of amidine groups is 1. The van der Waals surface area contributed by atoms with Crippen molar-refractivity contribution >= 4 is 55.4 Å². The molecule has 0 bridgehead atoms. The van der Waals surface area contributed by atoms with Gasteiger partial charge in [-0.05, 0) is 70.8 Å². The number of hydrogen-bond donors (Lipinski definition) is 1. The maximum Gasteiger partial charge on any atom is 0.134 e. The summed E-state index contributed by atoms with van der Waals surface area (Å²) in [5.41, 5.74) is 13.6. The summed E-state index contributed by atoms with van der Waals surface area (Å²) in [5, 5.41) is 6.01. The topological polar surface area (TPSA) is 55.1 Å². The fourth-order valence-electron chi connectivity index (χ4n) is 7.28. The Hall–Kier alpha value is -6.85. The molecule has 7 aromatic carbocycles. The molecule has 0 fully saturated rings. The summed E-state index contributed by atoms with van der Waals surface area (Å²) in [6.45, 7) is 0. The lowest BCUT2D eigenvalue weighted by molar-refractivity contribution is 0.781. The molecule has 9 aromatic rings. The zero-order chi connectivity index (χ0) is 33.7. The Morgan fingerprint density at radius 1 is 0.451 bits per heavy atom. The largest absolute Gasteiger partial charge is 0.359 e. The molecule has 0 aliphatic carbocycles. The highest BCUT2D eigenvalue weighted by Gasteiger charge is 2.20. The standard InChI is InChI=1S/C46H31N5/c1-3-11-32(12-4-1)40-28-41(50-46(49-40)34-13-5-2-6-14-34)33-21-19-30(20-22-33)31-23-25-35(26-24-31)51-44-18-10-7-15-36(44)37-27-42-43(29-45(37)51)48-39-17-9-8-16-38(39)47-42/h1-29,40H,(H,49,50). The van der Waals surface area contributed by atoms with Crippen LogP contribution in [-0.4, -0.2) is 20.4 Å². The first-order valence-corrected chi connectivity index (χ1v) is 17.2. The third-order valence-electron chi connectivity index (χ3n) is 9.83. The van der Waals surface area contributed by atoms with E-state index in [2.05, 4.69) is 155 Å². The van der Waals surface area contributed by atoms with Gasteiger partial charge in [0.15, 0.2) is 0 Å². The van der Waals surface area contributed by atoms with E-state index in [4.69, 9.17) is 15.0 Å². The van der Waals surface area contributed by atoms with Crippen molar-refractivity contribution in [3.8, 4) is 16.8 Å². The predicted octanol–water partition coefficient (Wildman–Crippen LogP) is 10.7. The zero-order valence-corrected chi connectivity index (χ0v) is 27.6. The average Bonchev–Trinajstić information content (AvgIpc) is 3.52. The predicted molar refractivity (Wildman–Crippen MR) is 210 cm³/mol. The van der Waals surface area contributed by atoms with Crippen molar-refractivity contribution in [3.05, 3.63) is 193 Å². The van der Waals surface area contributed by atoms with Crippen LogP contribution in [-0.2, 0) is 0 Å². The first-order chi connectivity index (χ1) is 25.2. The Morgan fingerprint density at radius 2 is 1.04 bits per heavy atom. The number of nitrogens with zero attached hydrogens (tertiary/aromatic N) is 4. The monoisotopic (exact) mass is 653 g/mol. The maximum atomic E-state index is 5.08. The average molecular weight is 654 g/mol. The van der Waals surface area contributed by atoms with Gasteiger partial charge in [0, 0.05) is 22.0 Å². The number of hydrogen-bond acceptors (Lipinski definition) is 4. The fraction of sp³-hybridized carbons (Fsp3) is 0.0217. The molecule has 0 spiro atoms. The molecular formula is C46H31N5. The van der Waals surface area contributed by atoms with Crippen LogP contribution in [0, 0.1) is 0 Å². The molecular weight excluding hydrogens is 623 g/mol. The Balaban J connectivity index is 1.01. The first-order valence-electron chi connectivity index (χ1n) is 17.2. The van der Waals surface area contributed by atoms with Crippen LogP contribution in [0.15, 0.2) is 181 Å². The summed E-state index contributed by atoms with van der Waals surface area (Å²) < 4.78 is 2.34. The lowest BCUT2D eigenvalue weighted by atomic mass is 9.98. The summed E-state index contributed by atoms with van der Waals surface area (Å²) in [4.78, 5) is 15.0. The molecule has 0 amide bonds. The SMILES string of the molecule is C1=C(c2ccc(-c3ccc(-n4c5ccccc5c5cc6nc7ccccc7nc6cc54)cc3)cc2)N=C(c2ccccc2)NC1c1ccccc1. The number of fused-ring (bicyclic) bond motifs is 5. The van der Waals surface area contributed by atoms with Gasteiger partial charge in [-0.25, -0.2) is 15.0 Å². The number of para-hydroxylation sites is 3. The number of benzene rings is 7. The molecule has 0 saturated heterocycles. The smallest absolute Gasteiger partial charge is 0.134 e. The van der Waals surface area contributed by atoms with E-state index >= 15 is 0 Å². The highest BCUT2D eigenvalue weighted by molar-refractivity contribution is 6.13. The Morgan fingerprint density at radius 3 is 1.76 bits per heavy atom. The van der Waals surface area contributed by atoms with Crippen molar-refractivity contribution in [2.24, 2.45) is 4.99 Å². The van der Waals surface area contributed by atoms with Gasteiger partial charge in [-0.2, -0.15) is 0 Å². The maximum absolute atomic E-state index is 5.08. The summed E-state index contributed by atoms with van der Waals surface area (Å²) in [7, 11) is 0. The van der Waals surface area contributed by atoms with Gasteiger partial charge in [0.2, 0.25) is 0 Å². The molecule has 51 heavy (non-hydrogen) atoms. The van der Waals surface area contributed by atoms with Gasteiger partial charge in [-0.3, -0.25) is 0 Å². The third kappa shape index (κ3) is 5.15. The summed E-state index contributed by atoms with van der Waals surface area (Å²) in [6, 6.07) is 59.5. The van der Waals surface area contributed by atoms with E-state index in [1.807, 2.05) is 30.3 Å². The summed E-state index contributed by atoms with van der Waals surface area (Å²) >= 11 is 0. The van der Waals surface area contributed by atoms with Crippen molar-refractivity contribution in [1.82, 2.24) is 19.9 Å². The van der Waals surface area contributed by atoms with Gasteiger partial charge in [0.1, 0.15) is 5.84 Å². The Labute approximate surface area is 294 Å². The minimum absolute atomic E-state index is 0.0198. The molecule has 1 aliphatic heterocycles. The van der Waals surface area contributed by atoms with Gasteiger partial charge in [0.05, 0.1) is 44.8 Å². The molecule has 1 unspecified atom stereocenters. The molecule has 0 saturated carbocycles. The van der Waals surface area contributed by atoms with Gasteiger partial charge < -0.3 is 9.88 Å². The molecule has 5 nitrogen and oxygen atoms in total. The molecule has 240 valence electrons. The quantitative estimate of drug-likeness (QED) is 0.188. The first kappa shape index (κ1) is 29.1. The molecule has 1 N–H and O–H groups in total. The molecule has 1 atom stereocenters. The number of rotatable bonds is 5. The second kappa shape index (κ2) is 11.9. The normalized spacial score (nSPS) is 14.5. The fourth-order valence-corrected chi connectivity index (χ4v) is 7.28. The van der Waals surface area contributed by atoms with E-state index in [1.54, 1.807) is 0 Å². The minimum Gasteiger partial charge on any atom is -0.359 e. The van der Waals surface area contributed by atoms with Gasteiger partial charge >= 0.3 is 0 Å². The van der Waals surface area contributed by atoms with Crippen LogP contribution < -0.4 is 5.32 Å². The highest BCUT2D eigenvalue weighted by atomic mass is 15.0. The van der Waals surface area contributed by atoms with E-state index in [1.165, 1.54) is 16.3 Å². The summed E-state index contributed by atoms with van der Waals surface area (Å²) in [6.07, 6.45) is 2.22. The molecule has 1 aliphatic rings. The molecule has 3 heterocycles. The Bertz CT molecular complexity index is 2800. The second-order valence-corrected chi connectivity index (χ2v) is 13.0. The van der Waals surface area contributed by atoms with E-state index in [0.717, 1.165) is 72.6 Å². The van der Waals surface area contributed by atoms with Crippen LogP contribution in [0.3, 0.4) is 0 Å². The lowest BCUT2D eigenvalue weighted by Gasteiger charge is -2.24. The second-order valence-electron chi connectivity index (χ2n) is 13.0.